The normalized spacial score (nSPS) is 26.6. The third-order valence-corrected chi connectivity index (χ3v) is 5.38. The maximum Gasteiger partial charge on any atom is 0.0568 e. The molecule has 1 aliphatic carbocycles. The van der Waals surface area contributed by atoms with Crippen molar-refractivity contribution in [3.63, 3.8) is 0 Å². The van der Waals surface area contributed by atoms with Gasteiger partial charge in [-0.15, -0.1) is 0 Å². The molecule has 0 N–H and O–H groups in total. The summed E-state index contributed by atoms with van der Waals surface area (Å²) in [6, 6.07) is 9.19. The second-order valence-electron chi connectivity index (χ2n) is 6.14. The van der Waals surface area contributed by atoms with Crippen molar-refractivity contribution in [2.45, 2.75) is 39.2 Å². The van der Waals surface area contributed by atoms with Crippen LogP contribution >= 0.6 is 22.6 Å². The Morgan fingerprint density at radius 3 is 2.75 bits per heavy atom. The maximum absolute atomic E-state index is 4.62. The van der Waals surface area contributed by atoms with Gasteiger partial charge in [0.2, 0.25) is 0 Å². The molecule has 3 rings (SSSR count). The summed E-state index contributed by atoms with van der Waals surface area (Å²) < 4.78 is 3.46. The minimum atomic E-state index is 0.581. The highest BCUT2D eigenvalue weighted by molar-refractivity contribution is 14.1. The van der Waals surface area contributed by atoms with E-state index in [0.717, 1.165) is 11.8 Å². The quantitative estimate of drug-likeness (QED) is 0.659. The summed E-state index contributed by atoms with van der Waals surface area (Å²) in [5, 5.41) is 4.62. The second-order valence-corrected chi connectivity index (χ2v) is 7.39. The first-order valence-electron chi connectivity index (χ1n) is 7.43. The molecule has 0 radical (unpaired) electrons. The lowest BCUT2D eigenvalue weighted by atomic mass is 9.79. The number of rotatable bonds is 2. The van der Waals surface area contributed by atoms with Gasteiger partial charge in [-0.1, -0.05) is 26.0 Å². The topological polar surface area (TPSA) is 17.8 Å². The van der Waals surface area contributed by atoms with Crippen LogP contribution in [0.1, 0.15) is 39.2 Å². The molecule has 3 heteroatoms. The van der Waals surface area contributed by atoms with Crippen LogP contribution in [-0.4, -0.2) is 9.78 Å². The zero-order chi connectivity index (χ0) is 14.1. The largest absolute Gasteiger partial charge is 0.269 e. The average molecular weight is 380 g/mol. The summed E-state index contributed by atoms with van der Waals surface area (Å²) in [4.78, 5) is 0. The Labute approximate surface area is 134 Å². The van der Waals surface area contributed by atoms with Gasteiger partial charge >= 0.3 is 0 Å². The van der Waals surface area contributed by atoms with Gasteiger partial charge in [0.05, 0.1) is 12.2 Å². The first-order valence-corrected chi connectivity index (χ1v) is 8.51. The molecular weight excluding hydrogens is 359 g/mol. The smallest absolute Gasteiger partial charge is 0.0568 e. The van der Waals surface area contributed by atoms with Crippen molar-refractivity contribution in [1.82, 2.24) is 9.78 Å². The molecule has 0 amide bonds. The first-order chi connectivity index (χ1) is 9.63. The van der Waals surface area contributed by atoms with Gasteiger partial charge < -0.3 is 0 Å². The van der Waals surface area contributed by atoms with E-state index in [4.69, 9.17) is 0 Å². The first kappa shape index (κ1) is 14.1. The number of hydrogen-bond donors (Lipinski definition) is 0. The van der Waals surface area contributed by atoms with Crippen LogP contribution in [0.15, 0.2) is 36.7 Å². The molecule has 2 aromatic rings. The number of halogens is 1. The van der Waals surface area contributed by atoms with Crippen molar-refractivity contribution < 1.29 is 0 Å². The van der Waals surface area contributed by atoms with E-state index in [9.17, 15) is 0 Å². The lowest BCUT2D eigenvalue weighted by molar-refractivity contribution is 0.201. The molecule has 1 aliphatic rings. The Hall–Kier alpha value is -0.840. The average Bonchev–Trinajstić information content (AvgIpc) is 2.92. The Morgan fingerprint density at radius 1 is 1.15 bits per heavy atom. The van der Waals surface area contributed by atoms with E-state index >= 15 is 0 Å². The van der Waals surface area contributed by atoms with Gasteiger partial charge in [-0.05, 0) is 71.4 Å². The van der Waals surface area contributed by atoms with Crippen LogP contribution in [0, 0.1) is 15.4 Å². The third kappa shape index (κ3) is 2.92. The van der Waals surface area contributed by atoms with Crippen molar-refractivity contribution in [2.75, 3.05) is 0 Å². The monoisotopic (exact) mass is 380 g/mol. The van der Waals surface area contributed by atoms with Crippen LogP contribution in [0.2, 0.25) is 0 Å². The Morgan fingerprint density at radius 2 is 2.00 bits per heavy atom. The van der Waals surface area contributed by atoms with E-state index in [1.54, 1.807) is 0 Å². The van der Waals surface area contributed by atoms with E-state index < -0.39 is 0 Å². The van der Waals surface area contributed by atoms with Crippen LogP contribution in [0.4, 0.5) is 0 Å². The zero-order valence-electron chi connectivity index (χ0n) is 12.1. The molecule has 106 valence electrons. The molecule has 1 heterocycles. The fraction of sp³-hybridized carbons (Fsp3) is 0.471. The number of aromatic nitrogens is 2. The molecule has 2 nitrogen and oxygen atoms in total. The van der Waals surface area contributed by atoms with Gasteiger partial charge in [0, 0.05) is 15.3 Å². The van der Waals surface area contributed by atoms with Crippen LogP contribution in [0.25, 0.3) is 11.1 Å². The highest BCUT2D eigenvalue weighted by Crippen LogP contribution is 2.36. The standard InChI is InChI=1S/C17H21IN2/c1-12-6-7-17(8-13(12)2)20-11-15(10-19-20)14-4-3-5-16(18)9-14/h3-5,9-13,17H,6-8H2,1-2H3. The molecule has 1 aromatic carbocycles. The van der Waals surface area contributed by atoms with Crippen LogP contribution in [0.5, 0.6) is 0 Å². The van der Waals surface area contributed by atoms with Gasteiger partial charge in [-0.25, -0.2) is 0 Å². The van der Waals surface area contributed by atoms with Crippen molar-refractivity contribution in [3.8, 4) is 11.1 Å². The van der Waals surface area contributed by atoms with Crippen molar-refractivity contribution in [1.29, 1.82) is 0 Å². The van der Waals surface area contributed by atoms with Crippen LogP contribution in [-0.2, 0) is 0 Å². The van der Waals surface area contributed by atoms with E-state index in [2.05, 4.69) is 76.7 Å². The summed E-state index contributed by atoms with van der Waals surface area (Å²) in [6.07, 6.45) is 8.07. The maximum atomic E-state index is 4.62. The summed E-state index contributed by atoms with van der Waals surface area (Å²) in [5.41, 5.74) is 2.50. The molecule has 3 atom stereocenters. The van der Waals surface area contributed by atoms with Gasteiger partial charge in [-0.3, -0.25) is 4.68 Å². The van der Waals surface area contributed by atoms with Crippen molar-refractivity contribution in [2.24, 2.45) is 11.8 Å². The number of nitrogens with zero attached hydrogens (tertiary/aromatic N) is 2. The molecule has 0 aliphatic heterocycles. The van der Waals surface area contributed by atoms with Gasteiger partial charge in [0.25, 0.3) is 0 Å². The van der Waals surface area contributed by atoms with E-state index in [1.165, 1.54) is 34.0 Å². The molecule has 0 bridgehead atoms. The highest BCUT2D eigenvalue weighted by atomic mass is 127. The molecule has 1 fully saturated rings. The number of hydrogen-bond acceptors (Lipinski definition) is 1. The molecule has 1 saturated carbocycles. The second kappa shape index (κ2) is 5.88. The molecule has 0 spiro atoms. The predicted octanol–water partition coefficient (Wildman–Crippen LogP) is 5.15. The summed E-state index contributed by atoms with van der Waals surface area (Å²) >= 11 is 2.36. The zero-order valence-corrected chi connectivity index (χ0v) is 14.2. The number of benzene rings is 1. The summed E-state index contributed by atoms with van der Waals surface area (Å²) in [5.74, 6) is 1.66. The summed E-state index contributed by atoms with van der Waals surface area (Å²) in [7, 11) is 0. The molecule has 0 saturated heterocycles. The predicted molar refractivity (Wildman–Crippen MR) is 91.6 cm³/mol. The SMILES string of the molecule is CC1CCC(n2cc(-c3cccc(I)c3)cn2)CC1C. The van der Waals surface area contributed by atoms with Crippen molar-refractivity contribution >= 4 is 22.6 Å². The Balaban J connectivity index is 1.80. The van der Waals surface area contributed by atoms with Crippen LogP contribution in [0.3, 0.4) is 0 Å². The van der Waals surface area contributed by atoms with E-state index in [0.29, 0.717) is 6.04 Å². The molecule has 3 unspecified atom stereocenters. The van der Waals surface area contributed by atoms with E-state index in [-0.39, 0.29) is 0 Å². The third-order valence-electron chi connectivity index (χ3n) is 4.70. The summed E-state index contributed by atoms with van der Waals surface area (Å²) in [6.45, 7) is 4.75. The minimum absolute atomic E-state index is 0.581. The molecular formula is C17H21IN2. The Kier molecular flexibility index (Phi) is 4.15. The van der Waals surface area contributed by atoms with Gasteiger partial charge in [0.1, 0.15) is 0 Å². The van der Waals surface area contributed by atoms with Crippen molar-refractivity contribution in [3.05, 3.63) is 40.2 Å². The minimum Gasteiger partial charge on any atom is -0.269 e. The lowest BCUT2D eigenvalue weighted by Gasteiger charge is -2.32. The van der Waals surface area contributed by atoms with Gasteiger partial charge in [-0.2, -0.15) is 5.10 Å². The highest BCUT2D eigenvalue weighted by Gasteiger charge is 2.26. The van der Waals surface area contributed by atoms with Gasteiger partial charge in [0.15, 0.2) is 0 Å². The molecule has 20 heavy (non-hydrogen) atoms. The van der Waals surface area contributed by atoms with E-state index in [1.807, 2.05) is 6.20 Å². The Bertz CT molecular complexity index is 590. The molecule has 1 aromatic heterocycles. The fourth-order valence-electron chi connectivity index (χ4n) is 3.11. The van der Waals surface area contributed by atoms with Crippen LogP contribution < -0.4 is 0 Å². The fourth-order valence-corrected chi connectivity index (χ4v) is 3.66. The lowest BCUT2D eigenvalue weighted by Crippen LogP contribution is -2.23.